The van der Waals surface area contributed by atoms with Crippen LogP contribution in [-0.2, 0) is 13.1 Å². The van der Waals surface area contributed by atoms with Crippen molar-refractivity contribution in [1.29, 1.82) is 0 Å². The van der Waals surface area contributed by atoms with Crippen LogP contribution in [0.1, 0.15) is 33.4 Å². The minimum atomic E-state index is 0.588. The van der Waals surface area contributed by atoms with Gasteiger partial charge < -0.3 is 9.80 Å². The second-order valence-corrected chi connectivity index (χ2v) is 16.3. The fourth-order valence-electron chi connectivity index (χ4n) is 8.04. The van der Waals surface area contributed by atoms with Gasteiger partial charge in [0.1, 0.15) is 0 Å². The molecule has 6 nitrogen and oxygen atoms in total. The molecule has 9 aromatic rings. The number of hydrazone groups is 2. The zero-order valence-electron chi connectivity index (χ0n) is 37.3. The zero-order valence-corrected chi connectivity index (χ0v) is 37.3. The summed E-state index contributed by atoms with van der Waals surface area (Å²) >= 11 is 0. The molecule has 0 atom stereocenters. The van der Waals surface area contributed by atoms with E-state index in [1.807, 2.05) is 36.7 Å². The van der Waals surface area contributed by atoms with Gasteiger partial charge in [-0.2, -0.15) is 10.2 Å². The van der Waals surface area contributed by atoms with Crippen molar-refractivity contribution in [3.63, 3.8) is 0 Å². The molecule has 0 spiro atoms. The van der Waals surface area contributed by atoms with Gasteiger partial charge in [-0.15, -0.1) is 0 Å². The van der Waals surface area contributed by atoms with Crippen LogP contribution in [0.25, 0.3) is 0 Å². The van der Waals surface area contributed by atoms with Crippen LogP contribution in [0.15, 0.2) is 253 Å². The molecule has 0 radical (unpaired) electrons. The van der Waals surface area contributed by atoms with Crippen LogP contribution in [0, 0.1) is 13.8 Å². The van der Waals surface area contributed by atoms with Gasteiger partial charge >= 0.3 is 0 Å². The van der Waals surface area contributed by atoms with Gasteiger partial charge in [-0.1, -0.05) is 146 Å². The number of hydrogen-bond acceptors (Lipinski definition) is 6. The van der Waals surface area contributed by atoms with Crippen molar-refractivity contribution in [2.75, 3.05) is 19.8 Å². The fraction of sp³-hybridized carbons (Fsp3) is 0.0667. The molecular formula is C60H52N6. The maximum absolute atomic E-state index is 5.11. The van der Waals surface area contributed by atoms with E-state index < -0.39 is 0 Å². The molecule has 0 heterocycles. The lowest BCUT2D eigenvalue weighted by Crippen LogP contribution is -2.18. The summed E-state index contributed by atoms with van der Waals surface area (Å²) in [5.74, 6) is 0. The molecule has 0 amide bonds. The Kier molecular flexibility index (Phi) is 13.5. The van der Waals surface area contributed by atoms with Gasteiger partial charge in [0.15, 0.2) is 0 Å². The molecule has 0 saturated heterocycles. The van der Waals surface area contributed by atoms with E-state index in [0.717, 1.165) is 67.8 Å². The molecule has 0 aliphatic rings. The number of hydrogen-bond donors (Lipinski definition) is 0. The summed E-state index contributed by atoms with van der Waals surface area (Å²) < 4.78 is 0. The van der Waals surface area contributed by atoms with E-state index in [2.05, 4.69) is 252 Å². The molecule has 0 aliphatic carbocycles. The van der Waals surface area contributed by atoms with Crippen molar-refractivity contribution in [3.8, 4) is 0 Å². The van der Waals surface area contributed by atoms with Crippen molar-refractivity contribution in [3.05, 3.63) is 276 Å². The third-order valence-corrected chi connectivity index (χ3v) is 11.3. The predicted octanol–water partition coefficient (Wildman–Crippen LogP) is 15.3. The molecule has 0 saturated carbocycles. The first kappa shape index (κ1) is 42.8. The van der Waals surface area contributed by atoms with Gasteiger partial charge in [0, 0.05) is 34.1 Å². The molecule has 9 rings (SSSR count). The Labute approximate surface area is 389 Å². The topological polar surface area (TPSA) is 37.7 Å². The fourth-order valence-corrected chi connectivity index (χ4v) is 8.04. The van der Waals surface area contributed by atoms with E-state index in [1.54, 1.807) is 0 Å². The molecule has 0 fully saturated rings. The van der Waals surface area contributed by atoms with E-state index in [9.17, 15) is 0 Å². The Morgan fingerprint density at radius 1 is 0.303 bits per heavy atom. The number of nitrogens with zero attached hydrogens (tertiary/aromatic N) is 6. The highest BCUT2D eigenvalue weighted by atomic mass is 15.5. The average molecular weight is 857 g/mol. The van der Waals surface area contributed by atoms with Crippen LogP contribution in [0.4, 0.5) is 45.5 Å². The Hall–Kier alpha value is -8.48. The monoisotopic (exact) mass is 856 g/mol. The van der Waals surface area contributed by atoms with E-state index in [1.165, 1.54) is 11.1 Å². The first-order valence-electron chi connectivity index (χ1n) is 22.4. The number of anilines is 8. The minimum absolute atomic E-state index is 0.588. The molecule has 66 heavy (non-hydrogen) atoms. The molecule has 9 aromatic carbocycles. The van der Waals surface area contributed by atoms with E-state index >= 15 is 0 Å². The number of benzene rings is 9. The lowest BCUT2D eigenvalue weighted by molar-refractivity contribution is 0.838. The zero-order chi connectivity index (χ0) is 44.9. The summed E-state index contributed by atoms with van der Waals surface area (Å²) in [6, 6.07) is 84.8. The van der Waals surface area contributed by atoms with Gasteiger partial charge in [-0.25, -0.2) is 0 Å². The first-order chi connectivity index (χ1) is 32.5. The number of rotatable bonds is 16. The summed E-state index contributed by atoms with van der Waals surface area (Å²) in [5, 5.41) is 14.4. The molecular weight excluding hydrogens is 805 g/mol. The van der Waals surface area contributed by atoms with Gasteiger partial charge in [0.25, 0.3) is 0 Å². The van der Waals surface area contributed by atoms with E-state index in [0.29, 0.717) is 13.1 Å². The van der Waals surface area contributed by atoms with Gasteiger partial charge in [-0.05, 0) is 144 Å². The Morgan fingerprint density at radius 2 is 0.606 bits per heavy atom. The van der Waals surface area contributed by atoms with Crippen molar-refractivity contribution in [2.24, 2.45) is 10.2 Å². The molecule has 6 heteroatoms. The van der Waals surface area contributed by atoms with Crippen LogP contribution >= 0.6 is 0 Å². The smallest absolute Gasteiger partial charge is 0.0666 e. The SMILES string of the molecule is Cc1cccc(N(Cc2cccc(CN(/N=C/c3ccc(N(c4ccccc4)c4ccccc4)cc3)c3cccc(C)c3)c2)/N=C/c2ccc(N(c3ccccc3)c3ccccc3)cc2)c1. The Morgan fingerprint density at radius 3 is 0.939 bits per heavy atom. The van der Waals surface area contributed by atoms with Gasteiger partial charge in [-0.3, -0.25) is 10.0 Å². The van der Waals surface area contributed by atoms with Crippen molar-refractivity contribution in [2.45, 2.75) is 26.9 Å². The van der Waals surface area contributed by atoms with Crippen molar-refractivity contribution >= 4 is 57.9 Å². The third-order valence-electron chi connectivity index (χ3n) is 11.3. The summed E-state index contributed by atoms with van der Waals surface area (Å²) in [4.78, 5) is 4.53. The molecule has 0 bridgehead atoms. The number of para-hydroxylation sites is 4. The van der Waals surface area contributed by atoms with Crippen LogP contribution < -0.4 is 19.8 Å². The highest BCUT2D eigenvalue weighted by molar-refractivity contribution is 5.84. The highest BCUT2D eigenvalue weighted by Crippen LogP contribution is 2.35. The Bertz CT molecular complexity index is 2710. The van der Waals surface area contributed by atoms with Crippen LogP contribution in [0.3, 0.4) is 0 Å². The number of aryl methyl sites for hydroxylation is 2. The van der Waals surface area contributed by atoms with Crippen LogP contribution in [-0.4, -0.2) is 12.4 Å². The summed E-state index contributed by atoms with van der Waals surface area (Å²) in [7, 11) is 0. The Balaban J connectivity index is 0.950. The highest BCUT2D eigenvalue weighted by Gasteiger charge is 2.15. The summed E-state index contributed by atoms with van der Waals surface area (Å²) in [5.41, 5.74) is 15.3. The van der Waals surface area contributed by atoms with Crippen LogP contribution in [0.5, 0.6) is 0 Å². The van der Waals surface area contributed by atoms with Crippen LogP contribution in [0.2, 0.25) is 0 Å². The first-order valence-corrected chi connectivity index (χ1v) is 22.4. The molecule has 0 unspecified atom stereocenters. The van der Waals surface area contributed by atoms with Gasteiger partial charge in [0.2, 0.25) is 0 Å². The normalized spacial score (nSPS) is 11.2. The largest absolute Gasteiger partial charge is 0.311 e. The second-order valence-electron chi connectivity index (χ2n) is 16.3. The predicted molar refractivity (Wildman–Crippen MR) is 279 cm³/mol. The van der Waals surface area contributed by atoms with Gasteiger partial charge in [0.05, 0.1) is 36.9 Å². The maximum Gasteiger partial charge on any atom is 0.0666 e. The second kappa shape index (κ2) is 20.8. The quantitative estimate of drug-likeness (QED) is 0.0717. The lowest BCUT2D eigenvalue weighted by Gasteiger charge is -2.25. The summed E-state index contributed by atoms with van der Waals surface area (Å²) in [6.45, 7) is 5.42. The van der Waals surface area contributed by atoms with E-state index in [4.69, 9.17) is 10.2 Å². The lowest BCUT2D eigenvalue weighted by atomic mass is 10.1. The molecule has 322 valence electrons. The average Bonchev–Trinajstić information content (AvgIpc) is 3.36. The third kappa shape index (κ3) is 10.8. The maximum atomic E-state index is 5.11. The molecule has 0 aromatic heterocycles. The molecule has 0 aliphatic heterocycles. The van der Waals surface area contributed by atoms with Crippen molar-refractivity contribution in [1.82, 2.24) is 0 Å². The standard InChI is InChI=1S/C60H52N6/c1-47-18-15-30-59(40-47)63(61-43-49-32-36-57(37-33-49)65(53-22-7-3-8-23-53)54-24-9-4-10-25-54)45-51-20-17-21-52(42-51)46-64(60-31-16-19-48(2)41-60)62-44-50-34-38-58(39-35-50)66(55-26-11-5-12-27-55)56-28-13-6-14-29-56/h3-44H,45-46H2,1-2H3/b61-43+,62-44+. The summed E-state index contributed by atoms with van der Waals surface area (Å²) in [6.07, 6.45) is 3.90. The minimum Gasteiger partial charge on any atom is -0.311 e. The van der Waals surface area contributed by atoms with Crippen molar-refractivity contribution < 1.29 is 0 Å². The van der Waals surface area contributed by atoms with E-state index in [-0.39, 0.29) is 0 Å². The molecule has 0 N–H and O–H groups in total.